The van der Waals surface area contributed by atoms with Gasteiger partial charge in [0, 0.05) is 17.0 Å². The third kappa shape index (κ3) is 3.24. The van der Waals surface area contributed by atoms with Crippen LogP contribution in [-0.2, 0) is 12.1 Å². The van der Waals surface area contributed by atoms with Crippen LogP contribution in [-0.4, -0.2) is 29.7 Å². The van der Waals surface area contributed by atoms with Crippen LogP contribution in [0.2, 0.25) is 0 Å². The number of benzene rings is 2. The van der Waals surface area contributed by atoms with Gasteiger partial charge in [0.2, 0.25) is 0 Å². The molecule has 0 aliphatic heterocycles. The maximum Gasteiger partial charge on any atom is 0.137 e. The van der Waals surface area contributed by atoms with Crippen LogP contribution in [0.1, 0.15) is 29.8 Å². The number of nitrogens with zero attached hydrogens (tertiary/aromatic N) is 5. The van der Waals surface area contributed by atoms with Gasteiger partial charge in [-0.3, -0.25) is 4.68 Å². The van der Waals surface area contributed by atoms with Crippen molar-refractivity contribution in [1.29, 1.82) is 0 Å². The van der Waals surface area contributed by atoms with E-state index in [1.165, 1.54) is 35.5 Å². The van der Waals surface area contributed by atoms with Gasteiger partial charge in [0.25, 0.3) is 0 Å². The lowest BCUT2D eigenvalue weighted by Gasteiger charge is -2.35. The molecular formula is C21H20F3N5O. The van der Waals surface area contributed by atoms with Crippen molar-refractivity contribution < 1.29 is 18.3 Å². The molecule has 4 rings (SSSR count). The number of aryl methyl sites for hydroxylation is 2. The summed E-state index contributed by atoms with van der Waals surface area (Å²) >= 11 is 0. The molecule has 2 heterocycles. The summed E-state index contributed by atoms with van der Waals surface area (Å²) in [6.07, 6.45) is 2.69. The van der Waals surface area contributed by atoms with E-state index in [9.17, 15) is 18.3 Å². The van der Waals surface area contributed by atoms with E-state index in [2.05, 4.69) is 15.2 Å². The zero-order chi connectivity index (χ0) is 21.6. The Bertz CT molecular complexity index is 1220. The molecule has 0 aliphatic carbocycles. The molecule has 0 spiro atoms. The van der Waals surface area contributed by atoms with Crippen molar-refractivity contribution in [2.45, 2.75) is 39.0 Å². The average molecular weight is 415 g/mol. The fourth-order valence-electron chi connectivity index (χ4n) is 3.91. The summed E-state index contributed by atoms with van der Waals surface area (Å²) in [6, 6.07) is 4.96. The summed E-state index contributed by atoms with van der Waals surface area (Å²) in [6.45, 7) is 5.00. The predicted molar refractivity (Wildman–Crippen MR) is 104 cm³/mol. The van der Waals surface area contributed by atoms with Gasteiger partial charge in [0.05, 0.1) is 23.8 Å². The van der Waals surface area contributed by atoms with Crippen molar-refractivity contribution in [2.24, 2.45) is 0 Å². The molecule has 2 atom stereocenters. The summed E-state index contributed by atoms with van der Waals surface area (Å²) in [7, 11) is 0. The van der Waals surface area contributed by atoms with Gasteiger partial charge in [-0.25, -0.2) is 22.8 Å². The Morgan fingerprint density at radius 2 is 1.87 bits per heavy atom. The number of halogens is 3. The Balaban J connectivity index is 1.93. The highest BCUT2D eigenvalue weighted by molar-refractivity contribution is 5.85. The molecule has 156 valence electrons. The van der Waals surface area contributed by atoms with Crippen molar-refractivity contribution in [3.63, 3.8) is 0 Å². The molecule has 0 saturated carbocycles. The fraction of sp³-hybridized carbons (Fsp3) is 0.286. The highest BCUT2D eigenvalue weighted by Gasteiger charge is 2.41. The third-order valence-electron chi connectivity index (χ3n) is 5.47. The van der Waals surface area contributed by atoms with Gasteiger partial charge in [-0.15, -0.1) is 0 Å². The molecule has 0 radical (unpaired) electrons. The van der Waals surface area contributed by atoms with Gasteiger partial charge < -0.3 is 5.11 Å². The maximum absolute atomic E-state index is 14.8. The minimum atomic E-state index is -1.86. The first-order valence-electron chi connectivity index (χ1n) is 9.36. The summed E-state index contributed by atoms with van der Waals surface area (Å²) in [4.78, 5) is 3.87. The molecule has 0 saturated heterocycles. The van der Waals surface area contributed by atoms with Gasteiger partial charge in [-0.1, -0.05) is 6.07 Å². The van der Waals surface area contributed by atoms with E-state index in [1.54, 1.807) is 25.5 Å². The van der Waals surface area contributed by atoms with Gasteiger partial charge in [0.15, 0.2) is 0 Å². The smallest absolute Gasteiger partial charge is 0.137 e. The van der Waals surface area contributed by atoms with E-state index >= 15 is 0 Å². The Kier molecular flexibility index (Phi) is 4.85. The number of fused-ring (bicyclic) bond motifs is 1. The number of hydrogen-bond donors (Lipinski definition) is 1. The van der Waals surface area contributed by atoms with E-state index in [4.69, 9.17) is 0 Å². The van der Waals surface area contributed by atoms with Gasteiger partial charge in [-0.05, 0) is 44.5 Å². The Labute approximate surface area is 170 Å². The van der Waals surface area contributed by atoms with E-state index in [1.807, 2.05) is 0 Å². The first-order chi connectivity index (χ1) is 14.2. The largest absolute Gasteiger partial charge is 0.381 e. The highest BCUT2D eigenvalue weighted by Crippen LogP contribution is 2.39. The SMILES string of the molecule is Cc1nn([C@H](C)[C@](O)(Cn2cncn2)c2ccc(F)cc2F)c2c(C)cc(F)cc12. The minimum absolute atomic E-state index is 0.104. The molecule has 4 aromatic rings. The number of hydrogen-bond acceptors (Lipinski definition) is 4. The van der Waals surface area contributed by atoms with Crippen LogP contribution in [0.3, 0.4) is 0 Å². The lowest BCUT2D eigenvalue weighted by atomic mass is 9.86. The Morgan fingerprint density at radius 1 is 1.10 bits per heavy atom. The molecule has 2 aromatic heterocycles. The van der Waals surface area contributed by atoms with Crippen LogP contribution in [0.25, 0.3) is 10.9 Å². The second-order valence-corrected chi connectivity index (χ2v) is 7.47. The highest BCUT2D eigenvalue weighted by atomic mass is 19.1. The molecule has 30 heavy (non-hydrogen) atoms. The molecule has 0 unspecified atom stereocenters. The molecule has 1 N–H and O–H groups in total. The summed E-state index contributed by atoms with van der Waals surface area (Å²) < 4.78 is 45.2. The second-order valence-electron chi connectivity index (χ2n) is 7.47. The summed E-state index contributed by atoms with van der Waals surface area (Å²) in [5.74, 6) is -2.03. The predicted octanol–water partition coefficient (Wildman–Crippen LogP) is 3.81. The van der Waals surface area contributed by atoms with Crippen molar-refractivity contribution in [2.75, 3.05) is 0 Å². The molecule has 2 aromatic carbocycles. The first kappa shape index (κ1) is 20.1. The van der Waals surface area contributed by atoms with Gasteiger partial charge in [-0.2, -0.15) is 10.2 Å². The second kappa shape index (κ2) is 7.24. The molecule has 6 nitrogen and oxygen atoms in total. The zero-order valence-electron chi connectivity index (χ0n) is 16.6. The number of rotatable bonds is 5. The molecular weight excluding hydrogens is 395 g/mol. The third-order valence-corrected chi connectivity index (χ3v) is 5.47. The van der Waals surface area contributed by atoms with Crippen LogP contribution in [0.5, 0.6) is 0 Å². The van der Waals surface area contributed by atoms with Crippen molar-refractivity contribution in [1.82, 2.24) is 24.5 Å². The molecule has 0 aliphatic rings. The van der Waals surface area contributed by atoms with Crippen LogP contribution >= 0.6 is 0 Å². The quantitative estimate of drug-likeness (QED) is 0.538. The van der Waals surface area contributed by atoms with E-state index in [-0.39, 0.29) is 12.1 Å². The van der Waals surface area contributed by atoms with Gasteiger partial charge in [0.1, 0.15) is 35.7 Å². The van der Waals surface area contributed by atoms with Crippen molar-refractivity contribution >= 4 is 10.9 Å². The Hall–Kier alpha value is -3.20. The van der Waals surface area contributed by atoms with Gasteiger partial charge >= 0.3 is 0 Å². The van der Waals surface area contributed by atoms with Crippen LogP contribution < -0.4 is 0 Å². The van der Waals surface area contributed by atoms with Crippen LogP contribution in [0.4, 0.5) is 13.2 Å². The Morgan fingerprint density at radius 3 is 2.53 bits per heavy atom. The van der Waals surface area contributed by atoms with Crippen LogP contribution in [0.15, 0.2) is 43.0 Å². The first-order valence-corrected chi connectivity index (χ1v) is 9.36. The standard InChI is InChI=1S/C21H20F3N5O/c1-12-6-16(23)7-17-13(2)27-29(20(12)17)14(3)21(30,9-28-11-25-10-26-28)18-5-4-15(22)8-19(18)24/h4-8,10-11,14,30H,9H2,1-3H3/t14-,21-/m1/s1. The minimum Gasteiger partial charge on any atom is -0.381 e. The maximum atomic E-state index is 14.8. The number of aliphatic hydroxyl groups is 1. The topological polar surface area (TPSA) is 68.8 Å². The van der Waals surface area contributed by atoms with Crippen molar-refractivity contribution in [3.8, 4) is 0 Å². The fourth-order valence-corrected chi connectivity index (χ4v) is 3.91. The van der Waals surface area contributed by atoms with Crippen LogP contribution in [0, 0.1) is 31.3 Å². The monoisotopic (exact) mass is 415 g/mol. The lowest BCUT2D eigenvalue weighted by Crippen LogP contribution is -2.41. The molecule has 0 fully saturated rings. The molecule has 0 amide bonds. The van der Waals surface area contributed by atoms with Crippen molar-refractivity contribution in [3.05, 3.63) is 77.3 Å². The van der Waals surface area contributed by atoms with E-state index in [0.717, 1.165) is 12.1 Å². The summed E-state index contributed by atoms with van der Waals surface area (Å²) in [5.41, 5.74) is -0.145. The summed E-state index contributed by atoms with van der Waals surface area (Å²) in [5, 5.41) is 20.9. The van der Waals surface area contributed by atoms with E-state index in [0.29, 0.717) is 22.2 Å². The number of aromatic nitrogens is 5. The normalized spacial score (nSPS) is 14.8. The average Bonchev–Trinajstić information content (AvgIpc) is 3.29. The van der Waals surface area contributed by atoms with E-state index < -0.39 is 29.1 Å². The zero-order valence-corrected chi connectivity index (χ0v) is 16.6. The molecule has 0 bridgehead atoms. The molecule has 9 heteroatoms. The lowest BCUT2D eigenvalue weighted by molar-refractivity contribution is -0.0355.